The van der Waals surface area contributed by atoms with Crippen LogP contribution in [0, 0.1) is 0 Å². The Labute approximate surface area is 105 Å². The third-order valence-corrected chi connectivity index (χ3v) is 3.97. The van der Waals surface area contributed by atoms with Crippen LogP contribution in [0.3, 0.4) is 0 Å². The average molecular weight is 291 g/mol. The number of hydrogen-bond acceptors (Lipinski definition) is 3. The van der Waals surface area contributed by atoms with Crippen LogP contribution in [0.5, 0.6) is 0 Å². The van der Waals surface area contributed by atoms with Crippen LogP contribution < -0.4 is 5.32 Å². The highest BCUT2D eigenvalue weighted by molar-refractivity contribution is 9.09. The molecule has 0 aliphatic rings. The molecule has 0 aliphatic carbocycles. The van der Waals surface area contributed by atoms with E-state index >= 15 is 0 Å². The number of thiazole rings is 1. The maximum Gasteiger partial charge on any atom is 0.107 e. The predicted molar refractivity (Wildman–Crippen MR) is 70.9 cm³/mol. The largest absolute Gasteiger partial charge is 0.307 e. The Kier molecular flexibility index (Phi) is 4.74. The van der Waals surface area contributed by atoms with Gasteiger partial charge in [-0.3, -0.25) is 0 Å². The summed E-state index contributed by atoms with van der Waals surface area (Å²) in [6.45, 7) is 9.61. The molecule has 0 aromatic carbocycles. The second-order valence-electron chi connectivity index (χ2n) is 4.81. The maximum absolute atomic E-state index is 4.63. The van der Waals surface area contributed by atoms with E-state index in [2.05, 4.69) is 59.3 Å². The van der Waals surface area contributed by atoms with Gasteiger partial charge in [0.2, 0.25) is 0 Å². The van der Waals surface area contributed by atoms with E-state index in [4.69, 9.17) is 0 Å². The number of nitrogens with one attached hydrogen (secondary N) is 1. The van der Waals surface area contributed by atoms with Crippen molar-refractivity contribution in [2.24, 2.45) is 0 Å². The highest BCUT2D eigenvalue weighted by atomic mass is 79.9. The molecule has 0 saturated carbocycles. The summed E-state index contributed by atoms with van der Waals surface area (Å²) in [7, 11) is 0. The molecule has 0 saturated heterocycles. The van der Waals surface area contributed by atoms with E-state index in [1.54, 1.807) is 11.3 Å². The number of aromatic nitrogens is 1. The monoisotopic (exact) mass is 290 g/mol. The van der Waals surface area contributed by atoms with Crippen LogP contribution in [0.2, 0.25) is 0 Å². The summed E-state index contributed by atoms with van der Waals surface area (Å²) >= 11 is 5.19. The number of alkyl halides is 1. The molecule has 0 bridgehead atoms. The van der Waals surface area contributed by atoms with Crippen LogP contribution in [-0.2, 0) is 12.0 Å². The van der Waals surface area contributed by atoms with E-state index < -0.39 is 0 Å². The summed E-state index contributed by atoms with van der Waals surface area (Å²) < 4.78 is 0. The van der Waals surface area contributed by atoms with Gasteiger partial charge in [-0.25, -0.2) is 4.98 Å². The zero-order valence-electron chi connectivity index (χ0n) is 9.80. The minimum absolute atomic E-state index is 0.162. The van der Waals surface area contributed by atoms with Gasteiger partial charge < -0.3 is 5.32 Å². The quantitative estimate of drug-likeness (QED) is 0.861. The van der Waals surface area contributed by atoms with Crippen LogP contribution in [-0.4, -0.2) is 16.4 Å². The average Bonchev–Trinajstić information content (AvgIpc) is 2.61. The first-order valence-corrected chi connectivity index (χ1v) is 7.18. The number of nitrogens with zero attached hydrogens (tertiary/aromatic N) is 1. The van der Waals surface area contributed by atoms with Gasteiger partial charge in [0, 0.05) is 28.7 Å². The van der Waals surface area contributed by atoms with Crippen molar-refractivity contribution >= 4 is 27.3 Å². The molecule has 0 aliphatic heterocycles. The predicted octanol–water partition coefficient (Wildman–Crippen LogP) is 3.31. The Morgan fingerprint density at radius 2 is 2.20 bits per heavy atom. The lowest BCUT2D eigenvalue weighted by Gasteiger charge is -2.14. The van der Waals surface area contributed by atoms with Gasteiger partial charge in [-0.2, -0.15) is 0 Å². The molecule has 0 amide bonds. The highest BCUT2D eigenvalue weighted by Crippen LogP contribution is 2.23. The van der Waals surface area contributed by atoms with Gasteiger partial charge in [-0.15, -0.1) is 11.3 Å². The van der Waals surface area contributed by atoms with Crippen molar-refractivity contribution in [1.29, 1.82) is 0 Å². The van der Waals surface area contributed by atoms with E-state index in [0.29, 0.717) is 6.04 Å². The zero-order chi connectivity index (χ0) is 11.5. The molecular weight excluding hydrogens is 272 g/mol. The molecule has 1 rings (SSSR count). The minimum atomic E-state index is 0.162. The van der Waals surface area contributed by atoms with Crippen LogP contribution in [0.4, 0.5) is 0 Å². The van der Waals surface area contributed by atoms with Gasteiger partial charge in [0.15, 0.2) is 0 Å². The molecule has 1 aromatic rings. The third kappa shape index (κ3) is 4.21. The molecule has 15 heavy (non-hydrogen) atoms. The van der Waals surface area contributed by atoms with E-state index in [-0.39, 0.29) is 5.41 Å². The van der Waals surface area contributed by atoms with Gasteiger partial charge in [0.1, 0.15) is 5.01 Å². The Bertz CT molecular complexity index is 304. The molecule has 1 atom stereocenters. The molecule has 1 aromatic heterocycles. The SMILES string of the molecule is CC(CBr)NCc1nc(C(C)(C)C)cs1. The van der Waals surface area contributed by atoms with Crippen LogP contribution in [0.1, 0.15) is 38.4 Å². The summed E-state index contributed by atoms with van der Waals surface area (Å²) in [6, 6.07) is 0.493. The fourth-order valence-corrected chi connectivity index (χ4v) is 2.25. The first-order valence-electron chi connectivity index (χ1n) is 5.17. The van der Waals surface area contributed by atoms with E-state index in [1.165, 1.54) is 10.7 Å². The summed E-state index contributed by atoms with van der Waals surface area (Å²) in [4.78, 5) is 4.63. The van der Waals surface area contributed by atoms with E-state index in [1.807, 2.05) is 0 Å². The number of hydrogen-bond donors (Lipinski definition) is 1. The Balaban J connectivity index is 2.54. The smallest absolute Gasteiger partial charge is 0.107 e. The topological polar surface area (TPSA) is 24.9 Å². The molecular formula is C11H19BrN2S. The Morgan fingerprint density at radius 3 is 2.67 bits per heavy atom. The van der Waals surface area contributed by atoms with Gasteiger partial charge in [-0.1, -0.05) is 36.7 Å². The van der Waals surface area contributed by atoms with Crippen molar-refractivity contribution in [3.63, 3.8) is 0 Å². The Hall–Kier alpha value is 0.0700. The van der Waals surface area contributed by atoms with Crippen molar-refractivity contribution in [2.45, 2.75) is 45.7 Å². The lowest BCUT2D eigenvalue weighted by Crippen LogP contribution is -2.26. The van der Waals surface area contributed by atoms with Crippen LogP contribution in [0.15, 0.2) is 5.38 Å². The first-order chi connectivity index (χ1) is 6.93. The number of halogens is 1. The first kappa shape index (κ1) is 13.1. The molecule has 1 heterocycles. The van der Waals surface area contributed by atoms with Crippen molar-refractivity contribution in [2.75, 3.05) is 5.33 Å². The standard InChI is InChI=1S/C11H19BrN2S/c1-8(5-12)13-6-10-14-9(7-15-10)11(2,3)4/h7-8,13H,5-6H2,1-4H3. The second-order valence-corrected chi connectivity index (χ2v) is 6.40. The summed E-state index contributed by atoms with van der Waals surface area (Å²) in [5.74, 6) is 0. The normalized spacial score (nSPS) is 14.2. The molecule has 0 fully saturated rings. The van der Waals surface area contributed by atoms with E-state index in [9.17, 15) is 0 Å². The zero-order valence-corrected chi connectivity index (χ0v) is 12.2. The van der Waals surface area contributed by atoms with E-state index in [0.717, 1.165) is 11.9 Å². The lowest BCUT2D eigenvalue weighted by molar-refractivity contribution is 0.562. The molecule has 2 nitrogen and oxygen atoms in total. The fourth-order valence-electron chi connectivity index (χ4n) is 1.05. The van der Waals surface area contributed by atoms with Crippen molar-refractivity contribution in [3.05, 3.63) is 16.1 Å². The number of rotatable bonds is 4. The molecule has 1 unspecified atom stereocenters. The van der Waals surface area contributed by atoms with Gasteiger partial charge in [0.05, 0.1) is 5.69 Å². The Morgan fingerprint density at radius 1 is 1.53 bits per heavy atom. The van der Waals surface area contributed by atoms with Crippen molar-refractivity contribution in [1.82, 2.24) is 10.3 Å². The lowest BCUT2D eigenvalue weighted by atomic mass is 9.93. The summed E-state index contributed by atoms with van der Waals surface area (Å²) in [5.41, 5.74) is 1.35. The third-order valence-electron chi connectivity index (χ3n) is 2.15. The highest BCUT2D eigenvalue weighted by Gasteiger charge is 2.17. The van der Waals surface area contributed by atoms with Gasteiger partial charge in [-0.05, 0) is 6.92 Å². The molecule has 1 N–H and O–H groups in total. The second kappa shape index (κ2) is 5.41. The molecule has 86 valence electrons. The van der Waals surface area contributed by atoms with Crippen molar-refractivity contribution in [3.8, 4) is 0 Å². The van der Waals surface area contributed by atoms with Crippen molar-refractivity contribution < 1.29 is 0 Å². The van der Waals surface area contributed by atoms with Gasteiger partial charge in [0.25, 0.3) is 0 Å². The molecule has 0 spiro atoms. The molecule has 0 radical (unpaired) electrons. The minimum Gasteiger partial charge on any atom is -0.307 e. The maximum atomic E-state index is 4.63. The van der Waals surface area contributed by atoms with Gasteiger partial charge >= 0.3 is 0 Å². The summed E-state index contributed by atoms with van der Waals surface area (Å²) in [6.07, 6.45) is 0. The van der Waals surface area contributed by atoms with Crippen LogP contribution in [0.25, 0.3) is 0 Å². The summed E-state index contributed by atoms with van der Waals surface area (Å²) in [5, 5.41) is 7.73. The molecule has 4 heteroatoms. The fraction of sp³-hybridized carbons (Fsp3) is 0.727. The van der Waals surface area contributed by atoms with Crippen LogP contribution >= 0.6 is 27.3 Å².